The maximum absolute atomic E-state index is 13.1. The van der Waals surface area contributed by atoms with Gasteiger partial charge in [-0.3, -0.25) is 9.59 Å². The Hall–Kier alpha value is -1.95. The largest absolute Gasteiger partial charge is 0.378 e. The van der Waals surface area contributed by atoms with E-state index in [0.717, 1.165) is 18.4 Å². The van der Waals surface area contributed by atoms with Crippen LogP contribution in [0.5, 0.6) is 0 Å². The van der Waals surface area contributed by atoms with Crippen LogP contribution in [0.2, 0.25) is 0 Å². The van der Waals surface area contributed by atoms with Crippen LogP contribution in [0, 0.1) is 5.82 Å². The number of rotatable bonds is 4. The summed E-state index contributed by atoms with van der Waals surface area (Å²) in [4.78, 5) is 25.5. The molecule has 130 valence electrons. The molecule has 2 aliphatic rings. The molecular formula is C18H23FN2O3. The lowest BCUT2D eigenvalue weighted by Crippen LogP contribution is -2.58. The Kier molecular flexibility index (Phi) is 4.34. The third kappa shape index (κ3) is 3.29. The van der Waals surface area contributed by atoms with Crippen LogP contribution in [0.3, 0.4) is 0 Å². The van der Waals surface area contributed by atoms with E-state index in [-0.39, 0.29) is 23.7 Å². The van der Waals surface area contributed by atoms with E-state index in [1.165, 1.54) is 24.0 Å². The first-order valence-electron chi connectivity index (χ1n) is 8.37. The van der Waals surface area contributed by atoms with E-state index < -0.39 is 11.5 Å². The van der Waals surface area contributed by atoms with Crippen LogP contribution in [-0.2, 0) is 15.0 Å². The van der Waals surface area contributed by atoms with E-state index in [1.54, 1.807) is 12.1 Å². The van der Waals surface area contributed by atoms with Crippen molar-refractivity contribution in [2.24, 2.45) is 0 Å². The number of benzene rings is 1. The number of nitrogens with zero attached hydrogens (tertiary/aromatic N) is 1. The van der Waals surface area contributed by atoms with Gasteiger partial charge in [0.15, 0.2) is 5.60 Å². The fourth-order valence-corrected chi connectivity index (χ4v) is 3.43. The minimum absolute atomic E-state index is 0.0394. The van der Waals surface area contributed by atoms with Crippen molar-refractivity contribution >= 4 is 11.8 Å². The summed E-state index contributed by atoms with van der Waals surface area (Å²) in [5.41, 5.74) is -0.678. The Labute approximate surface area is 140 Å². The smallest absolute Gasteiger partial charge is 0.253 e. The summed E-state index contributed by atoms with van der Waals surface area (Å²) in [7, 11) is 0. The van der Waals surface area contributed by atoms with Gasteiger partial charge < -0.3 is 15.3 Å². The molecule has 0 spiro atoms. The zero-order valence-corrected chi connectivity index (χ0v) is 13.8. The predicted octanol–water partition coefficient (Wildman–Crippen LogP) is 1.35. The molecule has 24 heavy (non-hydrogen) atoms. The number of piperidine rings is 1. The molecule has 3 rings (SSSR count). The Bertz CT molecular complexity index is 642. The van der Waals surface area contributed by atoms with Crippen molar-refractivity contribution in [3.63, 3.8) is 0 Å². The third-order valence-corrected chi connectivity index (χ3v) is 5.24. The number of aliphatic hydroxyl groups is 1. The van der Waals surface area contributed by atoms with Gasteiger partial charge in [-0.1, -0.05) is 12.1 Å². The summed E-state index contributed by atoms with van der Waals surface area (Å²) in [5, 5.41) is 13.5. The third-order valence-electron chi connectivity index (χ3n) is 5.24. The summed E-state index contributed by atoms with van der Waals surface area (Å²) < 4.78 is 13.1. The molecule has 6 heteroatoms. The zero-order valence-electron chi connectivity index (χ0n) is 13.8. The average molecular weight is 334 g/mol. The summed E-state index contributed by atoms with van der Waals surface area (Å²) in [6, 6.07) is 6.36. The molecule has 1 aliphatic carbocycles. The van der Waals surface area contributed by atoms with Crippen molar-refractivity contribution in [3.05, 3.63) is 35.6 Å². The van der Waals surface area contributed by atoms with Gasteiger partial charge in [0.05, 0.1) is 6.54 Å². The molecule has 1 saturated heterocycles. The Morgan fingerprint density at radius 1 is 1.25 bits per heavy atom. The first kappa shape index (κ1) is 16.9. The summed E-state index contributed by atoms with van der Waals surface area (Å²) in [6.45, 7) is 2.47. The number of β-amino-alcohol motifs (C(OH)–C–C–N with tert-alkyl or cyclic N) is 1. The lowest BCUT2D eigenvalue weighted by Gasteiger charge is -2.37. The minimum atomic E-state index is -1.53. The number of carbonyl (C=O) groups excluding carboxylic acids is 2. The van der Waals surface area contributed by atoms with Crippen LogP contribution >= 0.6 is 0 Å². The SMILES string of the molecule is CC(=O)N1CCC[C@](O)(C(=O)NCC2(c3ccc(F)cc3)CC2)C1. The number of nitrogens with one attached hydrogen (secondary N) is 1. The van der Waals surface area contributed by atoms with Crippen LogP contribution < -0.4 is 5.32 Å². The van der Waals surface area contributed by atoms with Gasteiger partial charge in [-0.15, -0.1) is 0 Å². The van der Waals surface area contributed by atoms with Crippen molar-refractivity contribution in [2.45, 2.75) is 43.6 Å². The van der Waals surface area contributed by atoms with Crippen LogP contribution in [0.1, 0.15) is 38.2 Å². The van der Waals surface area contributed by atoms with Gasteiger partial charge in [0.2, 0.25) is 5.91 Å². The lowest BCUT2D eigenvalue weighted by atomic mass is 9.90. The second kappa shape index (κ2) is 6.16. The summed E-state index contributed by atoms with van der Waals surface area (Å²) in [5.74, 6) is -0.841. The number of hydrogen-bond acceptors (Lipinski definition) is 3. The molecule has 1 heterocycles. The van der Waals surface area contributed by atoms with Gasteiger partial charge in [0.25, 0.3) is 5.91 Å². The molecule has 0 aromatic heterocycles. The molecule has 2 amide bonds. The molecule has 5 nitrogen and oxygen atoms in total. The molecule has 2 N–H and O–H groups in total. The van der Waals surface area contributed by atoms with E-state index in [4.69, 9.17) is 0 Å². The van der Waals surface area contributed by atoms with Crippen molar-refractivity contribution in [1.29, 1.82) is 0 Å². The Morgan fingerprint density at radius 3 is 2.50 bits per heavy atom. The zero-order chi connectivity index (χ0) is 17.4. The van der Waals surface area contributed by atoms with Crippen molar-refractivity contribution < 1.29 is 19.1 Å². The first-order chi connectivity index (χ1) is 11.3. The molecule has 0 radical (unpaired) electrons. The van der Waals surface area contributed by atoms with E-state index in [0.29, 0.717) is 25.9 Å². The molecule has 1 aliphatic heterocycles. The molecule has 1 atom stereocenters. The van der Waals surface area contributed by atoms with Gasteiger partial charge in [-0.2, -0.15) is 0 Å². The predicted molar refractivity (Wildman–Crippen MR) is 86.8 cm³/mol. The Morgan fingerprint density at radius 2 is 1.92 bits per heavy atom. The van der Waals surface area contributed by atoms with E-state index in [2.05, 4.69) is 5.32 Å². The second-order valence-corrected chi connectivity index (χ2v) is 7.05. The molecule has 1 aromatic carbocycles. The van der Waals surface area contributed by atoms with E-state index >= 15 is 0 Å². The van der Waals surface area contributed by atoms with E-state index in [1.807, 2.05) is 0 Å². The van der Waals surface area contributed by atoms with Crippen molar-refractivity contribution in [1.82, 2.24) is 10.2 Å². The average Bonchev–Trinajstić information content (AvgIpc) is 3.34. The quantitative estimate of drug-likeness (QED) is 0.873. The molecular weight excluding hydrogens is 311 g/mol. The second-order valence-electron chi connectivity index (χ2n) is 7.05. The first-order valence-corrected chi connectivity index (χ1v) is 8.37. The topological polar surface area (TPSA) is 69.6 Å². The highest BCUT2D eigenvalue weighted by molar-refractivity contribution is 5.86. The highest BCUT2D eigenvalue weighted by Crippen LogP contribution is 2.47. The molecule has 1 aromatic rings. The number of amides is 2. The maximum Gasteiger partial charge on any atom is 0.253 e. The number of likely N-dealkylation sites (tertiary alicyclic amines) is 1. The minimum Gasteiger partial charge on any atom is -0.378 e. The van der Waals surface area contributed by atoms with Gasteiger partial charge in [0, 0.05) is 25.4 Å². The van der Waals surface area contributed by atoms with Crippen molar-refractivity contribution in [3.8, 4) is 0 Å². The van der Waals surface area contributed by atoms with Crippen LogP contribution in [-0.4, -0.2) is 47.1 Å². The fourth-order valence-electron chi connectivity index (χ4n) is 3.43. The van der Waals surface area contributed by atoms with Gasteiger partial charge >= 0.3 is 0 Å². The highest BCUT2D eigenvalue weighted by atomic mass is 19.1. The van der Waals surface area contributed by atoms with E-state index in [9.17, 15) is 19.1 Å². The molecule has 0 unspecified atom stereocenters. The maximum atomic E-state index is 13.1. The van der Waals surface area contributed by atoms with Gasteiger partial charge in [-0.05, 0) is 43.4 Å². The van der Waals surface area contributed by atoms with Crippen molar-refractivity contribution in [2.75, 3.05) is 19.6 Å². The van der Waals surface area contributed by atoms with Crippen LogP contribution in [0.25, 0.3) is 0 Å². The molecule has 0 bridgehead atoms. The Balaban J connectivity index is 1.63. The molecule has 2 fully saturated rings. The van der Waals surface area contributed by atoms with Crippen LogP contribution in [0.4, 0.5) is 4.39 Å². The van der Waals surface area contributed by atoms with Gasteiger partial charge in [0.1, 0.15) is 5.82 Å². The summed E-state index contributed by atoms with van der Waals surface area (Å²) >= 11 is 0. The fraction of sp³-hybridized carbons (Fsp3) is 0.556. The lowest BCUT2D eigenvalue weighted by molar-refractivity contribution is -0.150. The monoisotopic (exact) mass is 334 g/mol. The normalized spacial score (nSPS) is 25.2. The highest BCUT2D eigenvalue weighted by Gasteiger charge is 2.46. The number of carbonyl (C=O) groups is 2. The van der Waals surface area contributed by atoms with Gasteiger partial charge in [-0.25, -0.2) is 4.39 Å². The summed E-state index contributed by atoms with van der Waals surface area (Å²) in [6.07, 6.45) is 2.81. The van der Waals surface area contributed by atoms with Crippen LogP contribution in [0.15, 0.2) is 24.3 Å². The number of halogens is 1. The molecule has 1 saturated carbocycles. The number of hydrogen-bond donors (Lipinski definition) is 2. The standard InChI is InChI=1S/C18H23FN2O3/c1-13(22)21-10-2-7-18(24,12-21)16(23)20-11-17(8-9-17)14-3-5-15(19)6-4-14/h3-6,24H,2,7-12H2,1H3,(H,20,23)/t18-/m1/s1.